The summed E-state index contributed by atoms with van der Waals surface area (Å²) in [7, 11) is 1.71. The predicted octanol–water partition coefficient (Wildman–Crippen LogP) is 6.83. The first-order valence-electron chi connectivity index (χ1n) is 12.8. The Morgan fingerprint density at radius 3 is 2.17 bits per heavy atom. The monoisotopic (exact) mass is 470 g/mol. The molecule has 3 aromatic rings. The molecule has 0 heterocycles. The fraction of sp³-hybridized carbons (Fsp3) is 0.387. The second kappa shape index (κ2) is 9.14. The number of ether oxygens (including phenoxy) is 2. The molecule has 0 spiro atoms. The van der Waals surface area contributed by atoms with Crippen molar-refractivity contribution in [3.63, 3.8) is 0 Å². The maximum Gasteiger partial charge on any atom is 0.133 e. The molecule has 0 N–H and O–H groups in total. The molecule has 3 aliphatic carbocycles. The van der Waals surface area contributed by atoms with E-state index in [2.05, 4.69) is 36.4 Å². The molecule has 2 fully saturated rings. The molecule has 6 rings (SSSR count). The van der Waals surface area contributed by atoms with E-state index in [1.165, 1.54) is 22.3 Å². The van der Waals surface area contributed by atoms with Crippen LogP contribution in [-0.2, 0) is 11.2 Å². The lowest BCUT2D eigenvalue weighted by Crippen LogP contribution is -2.20. The number of carbonyl (C=O) groups excluding carboxylic acids is 1. The highest BCUT2D eigenvalue weighted by molar-refractivity contribution is 5.81. The van der Waals surface area contributed by atoms with Crippen molar-refractivity contribution >= 4 is 5.78 Å². The number of ketones is 1. The molecule has 0 saturated heterocycles. The highest BCUT2D eigenvalue weighted by Gasteiger charge is 2.42. The van der Waals surface area contributed by atoms with Crippen molar-refractivity contribution in [1.29, 1.82) is 0 Å². The molecule has 3 aliphatic rings. The van der Waals surface area contributed by atoms with Gasteiger partial charge in [0.05, 0.1) is 13.2 Å². The van der Waals surface area contributed by atoms with Gasteiger partial charge in [0, 0.05) is 18.8 Å². The Morgan fingerprint density at radius 2 is 1.49 bits per heavy atom. The number of aryl methyl sites for hydroxylation is 1. The lowest BCUT2D eigenvalue weighted by Gasteiger charge is -2.35. The molecular weight excluding hydrogens is 439 g/mol. The molecule has 0 aliphatic heterocycles. The molecule has 4 heteroatoms. The van der Waals surface area contributed by atoms with Crippen molar-refractivity contribution in [2.45, 2.75) is 56.5 Å². The van der Waals surface area contributed by atoms with Crippen LogP contribution in [0.3, 0.4) is 0 Å². The Labute approximate surface area is 206 Å². The summed E-state index contributed by atoms with van der Waals surface area (Å²) in [5.74, 6) is 3.48. The van der Waals surface area contributed by atoms with Crippen molar-refractivity contribution in [2.75, 3.05) is 7.11 Å². The number of methoxy groups -OCH3 is 1. The van der Waals surface area contributed by atoms with Gasteiger partial charge in [-0.25, -0.2) is 4.39 Å². The number of benzene rings is 3. The van der Waals surface area contributed by atoms with Crippen LogP contribution in [0.2, 0.25) is 0 Å². The molecule has 0 aromatic heterocycles. The molecule has 0 amide bonds. The minimum absolute atomic E-state index is 0.181. The van der Waals surface area contributed by atoms with Gasteiger partial charge >= 0.3 is 0 Å². The van der Waals surface area contributed by atoms with E-state index in [1.54, 1.807) is 19.2 Å². The van der Waals surface area contributed by atoms with Crippen molar-refractivity contribution in [1.82, 2.24) is 0 Å². The van der Waals surface area contributed by atoms with Crippen LogP contribution in [-0.4, -0.2) is 19.0 Å². The number of rotatable bonds is 5. The van der Waals surface area contributed by atoms with Crippen LogP contribution in [0, 0.1) is 17.7 Å². The maximum absolute atomic E-state index is 13.7. The van der Waals surface area contributed by atoms with Gasteiger partial charge < -0.3 is 9.47 Å². The van der Waals surface area contributed by atoms with Gasteiger partial charge in [0.25, 0.3) is 0 Å². The minimum Gasteiger partial charge on any atom is -0.497 e. The van der Waals surface area contributed by atoms with E-state index in [9.17, 15) is 9.18 Å². The molecule has 0 radical (unpaired) electrons. The van der Waals surface area contributed by atoms with Gasteiger partial charge in [0.1, 0.15) is 23.1 Å². The van der Waals surface area contributed by atoms with Gasteiger partial charge in [0.2, 0.25) is 0 Å². The summed E-state index contributed by atoms with van der Waals surface area (Å²) in [5.41, 5.74) is 5.05. The van der Waals surface area contributed by atoms with Crippen molar-refractivity contribution < 1.29 is 18.7 Å². The van der Waals surface area contributed by atoms with Crippen LogP contribution in [0.25, 0.3) is 0 Å². The SMILES string of the molecule is COc1ccc2c(c1)CC[C@H](c1ccc(F)cc1)[C@@H]2c1ccc(OC2CC3CC(=O)CC3C2)cc1. The van der Waals surface area contributed by atoms with Gasteiger partial charge in [-0.3, -0.25) is 4.79 Å². The van der Waals surface area contributed by atoms with Crippen molar-refractivity contribution in [2.24, 2.45) is 11.8 Å². The third kappa shape index (κ3) is 4.35. The van der Waals surface area contributed by atoms with E-state index in [0.717, 1.165) is 50.0 Å². The molecule has 3 aromatic carbocycles. The largest absolute Gasteiger partial charge is 0.497 e. The zero-order chi connectivity index (χ0) is 23.9. The highest BCUT2D eigenvalue weighted by Crippen LogP contribution is 2.48. The molecule has 180 valence electrons. The first-order chi connectivity index (χ1) is 17.1. The van der Waals surface area contributed by atoms with Crippen molar-refractivity contribution in [3.8, 4) is 11.5 Å². The standard InChI is InChI=1S/C31H31FO3/c1-34-27-11-13-30-21(16-27)6-12-29(19-2-7-24(32)8-3-19)31(30)20-4-9-26(10-5-20)35-28-17-22-14-25(33)15-23(22)18-28/h2-5,7-11,13,16,22-23,28-29,31H,6,12,14-15,17-18H2,1H3/t22?,23?,28?,29-,31+/m1/s1. The Morgan fingerprint density at radius 1 is 0.829 bits per heavy atom. The topological polar surface area (TPSA) is 35.5 Å². The molecule has 3 nitrogen and oxygen atoms in total. The first-order valence-corrected chi connectivity index (χ1v) is 12.8. The molecule has 2 unspecified atom stereocenters. The van der Waals surface area contributed by atoms with E-state index < -0.39 is 0 Å². The second-order valence-corrected chi connectivity index (χ2v) is 10.5. The van der Waals surface area contributed by atoms with Crippen LogP contribution < -0.4 is 9.47 Å². The summed E-state index contributed by atoms with van der Waals surface area (Å²) < 4.78 is 25.5. The van der Waals surface area contributed by atoms with Gasteiger partial charge in [0.15, 0.2) is 0 Å². The van der Waals surface area contributed by atoms with E-state index in [0.29, 0.717) is 17.6 Å². The molecule has 0 bridgehead atoms. The van der Waals surface area contributed by atoms with Crippen LogP contribution in [0.15, 0.2) is 66.7 Å². The van der Waals surface area contributed by atoms with Crippen molar-refractivity contribution in [3.05, 3.63) is 94.8 Å². The summed E-state index contributed by atoms with van der Waals surface area (Å²) in [6.07, 6.45) is 5.63. The molecule has 2 saturated carbocycles. The van der Waals surface area contributed by atoms with E-state index in [-0.39, 0.29) is 23.8 Å². The zero-order valence-electron chi connectivity index (χ0n) is 20.1. The first kappa shape index (κ1) is 22.3. The molecule has 35 heavy (non-hydrogen) atoms. The highest BCUT2D eigenvalue weighted by atomic mass is 19.1. The fourth-order valence-electron chi connectivity index (χ4n) is 6.77. The lowest BCUT2D eigenvalue weighted by molar-refractivity contribution is -0.117. The van der Waals surface area contributed by atoms with Gasteiger partial charge in [-0.2, -0.15) is 0 Å². The zero-order valence-corrected chi connectivity index (χ0v) is 20.1. The van der Waals surface area contributed by atoms with Gasteiger partial charge in [-0.1, -0.05) is 30.3 Å². The number of hydrogen-bond acceptors (Lipinski definition) is 3. The summed E-state index contributed by atoms with van der Waals surface area (Å²) >= 11 is 0. The van der Waals surface area contributed by atoms with Gasteiger partial charge in [-0.05, 0) is 102 Å². The van der Waals surface area contributed by atoms with Crippen LogP contribution in [0.4, 0.5) is 4.39 Å². The number of Topliss-reactive ketones (excluding diaryl/α,β-unsaturated/α-hetero) is 1. The average Bonchev–Trinajstić information content (AvgIpc) is 3.40. The fourth-order valence-corrected chi connectivity index (χ4v) is 6.77. The third-order valence-corrected chi connectivity index (χ3v) is 8.43. The normalized spacial score (nSPS) is 27.4. The number of halogens is 1. The Kier molecular flexibility index (Phi) is 5.83. The summed E-state index contributed by atoms with van der Waals surface area (Å²) in [4.78, 5) is 11.7. The Balaban J connectivity index is 1.27. The number of carbonyl (C=O) groups is 1. The second-order valence-electron chi connectivity index (χ2n) is 10.5. The summed E-state index contributed by atoms with van der Waals surface area (Å²) in [5, 5.41) is 0. The van der Waals surface area contributed by atoms with E-state index in [1.807, 2.05) is 18.2 Å². The van der Waals surface area contributed by atoms with Gasteiger partial charge in [-0.15, -0.1) is 0 Å². The van der Waals surface area contributed by atoms with E-state index in [4.69, 9.17) is 9.47 Å². The van der Waals surface area contributed by atoms with Crippen LogP contribution >= 0.6 is 0 Å². The third-order valence-electron chi connectivity index (χ3n) is 8.43. The lowest BCUT2D eigenvalue weighted by atomic mass is 9.69. The minimum atomic E-state index is -0.201. The number of hydrogen-bond donors (Lipinski definition) is 0. The predicted molar refractivity (Wildman–Crippen MR) is 134 cm³/mol. The summed E-state index contributed by atoms with van der Waals surface area (Å²) in [6, 6.07) is 21.9. The van der Waals surface area contributed by atoms with E-state index >= 15 is 0 Å². The Bertz CT molecular complexity index is 1200. The smallest absolute Gasteiger partial charge is 0.133 e. The molecular formula is C31H31FO3. The average molecular weight is 471 g/mol. The van der Waals surface area contributed by atoms with Crippen LogP contribution in [0.1, 0.15) is 66.2 Å². The maximum atomic E-state index is 13.7. The van der Waals surface area contributed by atoms with Crippen LogP contribution in [0.5, 0.6) is 11.5 Å². The summed E-state index contributed by atoms with van der Waals surface area (Å²) in [6.45, 7) is 0. The Hall–Kier alpha value is -3.14. The quantitative estimate of drug-likeness (QED) is 0.410. The number of fused-ring (bicyclic) bond motifs is 2. The molecule has 4 atom stereocenters.